The van der Waals surface area contributed by atoms with E-state index in [1.807, 2.05) is 0 Å². The second kappa shape index (κ2) is 3.96. The zero-order chi connectivity index (χ0) is 10.8. The highest BCUT2D eigenvalue weighted by atomic mass is 16.5. The molecule has 5 heteroatoms. The van der Waals surface area contributed by atoms with Gasteiger partial charge >= 0.3 is 11.9 Å². The van der Waals surface area contributed by atoms with Crippen LogP contribution in [0, 0.1) is 5.92 Å². The van der Waals surface area contributed by atoms with Gasteiger partial charge in [-0.05, 0) is 19.3 Å². The lowest BCUT2D eigenvalue weighted by Gasteiger charge is -2.24. The molecule has 2 unspecified atom stereocenters. The molecule has 1 saturated carbocycles. The lowest BCUT2D eigenvalue weighted by atomic mass is 9.91. The fourth-order valence-corrected chi connectivity index (χ4v) is 1.86. The van der Waals surface area contributed by atoms with Crippen LogP contribution in [0.3, 0.4) is 0 Å². The summed E-state index contributed by atoms with van der Waals surface area (Å²) in [6.07, 6.45) is 1.32. The minimum atomic E-state index is -1.69. The van der Waals surface area contributed by atoms with Crippen molar-refractivity contribution in [3.63, 3.8) is 0 Å². The predicted molar refractivity (Wildman–Crippen MR) is 46.3 cm³/mol. The highest BCUT2D eigenvalue weighted by Crippen LogP contribution is 2.37. The van der Waals surface area contributed by atoms with Crippen molar-refractivity contribution >= 4 is 11.9 Å². The van der Waals surface area contributed by atoms with E-state index in [9.17, 15) is 14.7 Å². The summed E-state index contributed by atoms with van der Waals surface area (Å²) in [5.74, 6) is -2.11. The summed E-state index contributed by atoms with van der Waals surface area (Å²) in [5, 5.41) is 9.95. The van der Waals surface area contributed by atoms with Crippen LogP contribution in [0.2, 0.25) is 0 Å². The SMILES string of the molecule is COC(=O)C1CCCC1(O)C(=O)OC. The molecule has 0 aliphatic heterocycles. The predicted octanol–water partition coefficient (Wildman–Crippen LogP) is -0.136. The molecular formula is C9H14O5. The number of rotatable bonds is 2. The van der Waals surface area contributed by atoms with E-state index in [4.69, 9.17) is 0 Å². The highest BCUT2D eigenvalue weighted by molar-refractivity contribution is 5.88. The van der Waals surface area contributed by atoms with Crippen LogP contribution in [-0.4, -0.2) is 36.9 Å². The van der Waals surface area contributed by atoms with Gasteiger partial charge in [-0.25, -0.2) is 4.79 Å². The maximum atomic E-state index is 11.3. The summed E-state index contributed by atoms with van der Waals surface area (Å²) in [7, 11) is 2.42. The van der Waals surface area contributed by atoms with Gasteiger partial charge in [-0.1, -0.05) is 0 Å². The van der Waals surface area contributed by atoms with Crippen molar-refractivity contribution in [2.45, 2.75) is 24.9 Å². The van der Waals surface area contributed by atoms with E-state index < -0.39 is 23.5 Å². The minimum absolute atomic E-state index is 0.249. The number of hydrogen-bond acceptors (Lipinski definition) is 5. The molecule has 5 nitrogen and oxygen atoms in total. The molecule has 14 heavy (non-hydrogen) atoms. The Bertz CT molecular complexity index is 250. The molecule has 0 bridgehead atoms. The van der Waals surface area contributed by atoms with Crippen molar-refractivity contribution in [1.82, 2.24) is 0 Å². The summed E-state index contributed by atoms with van der Waals surface area (Å²) < 4.78 is 8.98. The van der Waals surface area contributed by atoms with Gasteiger partial charge in [0.2, 0.25) is 0 Å². The molecule has 0 aromatic rings. The highest BCUT2D eigenvalue weighted by Gasteiger charge is 2.52. The van der Waals surface area contributed by atoms with Gasteiger partial charge in [0.05, 0.1) is 20.1 Å². The molecule has 2 atom stereocenters. The molecule has 0 saturated heterocycles. The molecule has 1 aliphatic carbocycles. The maximum Gasteiger partial charge on any atom is 0.338 e. The lowest BCUT2D eigenvalue weighted by molar-refractivity contribution is -0.174. The summed E-state index contributed by atoms with van der Waals surface area (Å²) in [6.45, 7) is 0. The molecule has 0 heterocycles. The largest absolute Gasteiger partial charge is 0.469 e. The summed E-state index contributed by atoms with van der Waals surface area (Å²) in [6, 6.07) is 0. The Balaban J connectivity index is 2.86. The molecule has 0 aromatic carbocycles. The number of carbonyl (C=O) groups excluding carboxylic acids is 2. The average molecular weight is 202 g/mol. The van der Waals surface area contributed by atoms with E-state index in [1.54, 1.807) is 0 Å². The van der Waals surface area contributed by atoms with Crippen molar-refractivity contribution in [2.75, 3.05) is 14.2 Å². The molecule has 80 valence electrons. The molecule has 0 aromatic heterocycles. The third-order valence-corrected chi connectivity index (χ3v) is 2.65. The van der Waals surface area contributed by atoms with Crippen molar-refractivity contribution in [1.29, 1.82) is 0 Å². The Hall–Kier alpha value is -1.10. The topological polar surface area (TPSA) is 72.8 Å². The first-order valence-corrected chi connectivity index (χ1v) is 4.45. The second-order valence-corrected chi connectivity index (χ2v) is 3.38. The number of esters is 2. The minimum Gasteiger partial charge on any atom is -0.469 e. The van der Waals surface area contributed by atoms with Gasteiger partial charge in [0.15, 0.2) is 5.60 Å². The molecule has 1 aliphatic rings. The Morgan fingerprint density at radius 1 is 1.36 bits per heavy atom. The van der Waals surface area contributed by atoms with Crippen LogP contribution in [-0.2, 0) is 19.1 Å². The van der Waals surface area contributed by atoms with Crippen LogP contribution in [0.5, 0.6) is 0 Å². The molecule has 1 rings (SSSR count). The fraction of sp³-hybridized carbons (Fsp3) is 0.778. The van der Waals surface area contributed by atoms with Gasteiger partial charge in [0, 0.05) is 0 Å². The monoisotopic (exact) mass is 202 g/mol. The Labute approximate surface area is 82.0 Å². The third kappa shape index (κ3) is 1.59. The van der Waals surface area contributed by atoms with E-state index in [2.05, 4.69) is 9.47 Å². The molecular weight excluding hydrogens is 188 g/mol. The number of ether oxygens (including phenoxy) is 2. The van der Waals surface area contributed by atoms with Crippen LogP contribution in [0.4, 0.5) is 0 Å². The van der Waals surface area contributed by atoms with E-state index in [0.717, 1.165) is 0 Å². The number of carbonyl (C=O) groups is 2. The van der Waals surface area contributed by atoms with Crippen LogP contribution in [0.15, 0.2) is 0 Å². The van der Waals surface area contributed by atoms with Gasteiger partial charge in [-0.15, -0.1) is 0 Å². The third-order valence-electron chi connectivity index (χ3n) is 2.65. The summed E-state index contributed by atoms with van der Waals surface area (Å²) >= 11 is 0. The van der Waals surface area contributed by atoms with Crippen LogP contribution < -0.4 is 0 Å². The van der Waals surface area contributed by atoms with Gasteiger partial charge in [-0.2, -0.15) is 0 Å². The zero-order valence-corrected chi connectivity index (χ0v) is 8.28. The van der Waals surface area contributed by atoms with Crippen molar-refractivity contribution in [2.24, 2.45) is 5.92 Å². The van der Waals surface area contributed by atoms with Gasteiger partial charge in [0.1, 0.15) is 0 Å². The first-order chi connectivity index (χ1) is 6.56. The summed E-state index contributed by atoms with van der Waals surface area (Å²) in [4.78, 5) is 22.5. The normalized spacial score (nSPS) is 31.2. The first-order valence-electron chi connectivity index (χ1n) is 4.45. The van der Waals surface area contributed by atoms with Crippen molar-refractivity contribution in [3.8, 4) is 0 Å². The van der Waals surface area contributed by atoms with E-state index in [0.29, 0.717) is 12.8 Å². The van der Waals surface area contributed by atoms with E-state index in [1.165, 1.54) is 14.2 Å². The Morgan fingerprint density at radius 2 is 2.00 bits per heavy atom. The lowest BCUT2D eigenvalue weighted by Crippen LogP contribution is -2.46. The average Bonchev–Trinajstić information content (AvgIpc) is 2.59. The fourth-order valence-electron chi connectivity index (χ4n) is 1.86. The van der Waals surface area contributed by atoms with Crippen molar-refractivity contribution in [3.05, 3.63) is 0 Å². The number of methoxy groups -OCH3 is 2. The van der Waals surface area contributed by atoms with Gasteiger partial charge in [-0.3, -0.25) is 4.79 Å². The number of hydrogen-bond donors (Lipinski definition) is 1. The summed E-state index contributed by atoms with van der Waals surface area (Å²) in [5.41, 5.74) is -1.69. The maximum absolute atomic E-state index is 11.3. The molecule has 0 radical (unpaired) electrons. The number of aliphatic hydroxyl groups is 1. The zero-order valence-electron chi connectivity index (χ0n) is 8.28. The van der Waals surface area contributed by atoms with Gasteiger partial charge < -0.3 is 14.6 Å². The van der Waals surface area contributed by atoms with Crippen LogP contribution in [0.1, 0.15) is 19.3 Å². The standard InChI is InChI=1S/C9H14O5/c1-13-7(10)6-4-3-5-9(6,12)8(11)14-2/h6,12H,3-5H2,1-2H3. The van der Waals surface area contributed by atoms with Crippen molar-refractivity contribution < 1.29 is 24.2 Å². The van der Waals surface area contributed by atoms with Crippen LogP contribution >= 0.6 is 0 Å². The molecule has 0 spiro atoms. The van der Waals surface area contributed by atoms with Gasteiger partial charge in [0.25, 0.3) is 0 Å². The van der Waals surface area contributed by atoms with E-state index >= 15 is 0 Å². The smallest absolute Gasteiger partial charge is 0.338 e. The Morgan fingerprint density at radius 3 is 2.50 bits per heavy atom. The Kier molecular flexibility index (Phi) is 3.10. The molecule has 0 amide bonds. The second-order valence-electron chi connectivity index (χ2n) is 3.38. The molecule has 1 fully saturated rings. The molecule has 1 N–H and O–H groups in total. The van der Waals surface area contributed by atoms with E-state index in [-0.39, 0.29) is 6.42 Å². The quantitative estimate of drug-likeness (QED) is 0.631. The first kappa shape index (κ1) is 11.0. The van der Waals surface area contributed by atoms with Crippen LogP contribution in [0.25, 0.3) is 0 Å².